The summed E-state index contributed by atoms with van der Waals surface area (Å²) in [6.45, 7) is 5.94. The number of aromatic nitrogens is 3. The maximum Gasteiger partial charge on any atom is 0.146 e. The second-order valence-corrected chi connectivity index (χ2v) is 7.05. The number of nitrogens with zero attached hydrogens (tertiary/aromatic N) is 4. The van der Waals surface area contributed by atoms with E-state index in [9.17, 15) is 13.9 Å². The van der Waals surface area contributed by atoms with Crippen molar-refractivity contribution in [3.63, 3.8) is 0 Å². The van der Waals surface area contributed by atoms with E-state index in [4.69, 9.17) is 0 Å². The summed E-state index contributed by atoms with van der Waals surface area (Å²) in [5.41, 5.74) is 2.85. The van der Waals surface area contributed by atoms with Gasteiger partial charge in [-0.1, -0.05) is 0 Å². The van der Waals surface area contributed by atoms with Gasteiger partial charge in [0.25, 0.3) is 0 Å². The molecular formula is C23H22F2N4O. The second kappa shape index (κ2) is 8.10. The topological polar surface area (TPSA) is 54.2 Å². The highest BCUT2D eigenvalue weighted by atomic mass is 19.1. The fraction of sp³-hybridized carbons (Fsp3) is 0.217. The number of benzene rings is 2. The van der Waals surface area contributed by atoms with Crippen LogP contribution in [-0.2, 0) is 6.54 Å². The predicted molar refractivity (Wildman–Crippen MR) is 114 cm³/mol. The van der Waals surface area contributed by atoms with Crippen molar-refractivity contribution in [2.75, 3.05) is 18.0 Å². The first-order valence-corrected chi connectivity index (χ1v) is 9.83. The lowest BCUT2D eigenvalue weighted by Crippen LogP contribution is -2.23. The van der Waals surface area contributed by atoms with Crippen LogP contribution in [0, 0.1) is 11.6 Å². The number of hydrogen-bond donors (Lipinski definition) is 1. The normalized spacial score (nSPS) is 11.2. The van der Waals surface area contributed by atoms with Gasteiger partial charge >= 0.3 is 0 Å². The van der Waals surface area contributed by atoms with E-state index in [2.05, 4.69) is 28.7 Å². The van der Waals surface area contributed by atoms with E-state index in [1.165, 1.54) is 18.5 Å². The minimum absolute atomic E-state index is 0.164. The summed E-state index contributed by atoms with van der Waals surface area (Å²) in [7, 11) is 0. The fourth-order valence-corrected chi connectivity index (χ4v) is 3.74. The van der Waals surface area contributed by atoms with Gasteiger partial charge in [-0.3, -0.25) is 0 Å². The highest BCUT2D eigenvalue weighted by Gasteiger charge is 2.18. The molecule has 0 spiro atoms. The third-order valence-electron chi connectivity index (χ3n) is 5.16. The molecule has 0 aliphatic carbocycles. The van der Waals surface area contributed by atoms with E-state index >= 15 is 0 Å². The van der Waals surface area contributed by atoms with Crippen molar-refractivity contribution in [1.82, 2.24) is 14.5 Å². The van der Waals surface area contributed by atoms with E-state index in [1.807, 2.05) is 10.6 Å². The standard InChI is InChI=1S/C23H22F2N4O/c1-3-28(4-2)22-20-12-21(16-5-7-19(30)8-6-16)29(23(20)27-14-26-22)13-15-9-17(24)11-18(25)10-15/h5-12,14,30H,3-4,13H2,1-2H3. The maximum atomic E-state index is 13.8. The van der Waals surface area contributed by atoms with Crippen molar-refractivity contribution in [3.8, 4) is 17.0 Å². The van der Waals surface area contributed by atoms with E-state index in [0.717, 1.165) is 41.6 Å². The first kappa shape index (κ1) is 19.8. The second-order valence-electron chi connectivity index (χ2n) is 7.05. The van der Waals surface area contributed by atoms with Crippen molar-refractivity contribution in [3.05, 3.63) is 72.1 Å². The lowest BCUT2D eigenvalue weighted by atomic mass is 10.1. The Kier molecular flexibility index (Phi) is 5.35. The van der Waals surface area contributed by atoms with Crippen LogP contribution in [0.5, 0.6) is 5.75 Å². The minimum atomic E-state index is -0.619. The number of phenols is 1. The molecule has 0 saturated carbocycles. The third kappa shape index (κ3) is 3.70. The Morgan fingerprint density at radius 1 is 0.933 bits per heavy atom. The molecule has 7 heteroatoms. The Morgan fingerprint density at radius 2 is 1.60 bits per heavy atom. The molecule has 4 rings (SSSR count). The third-order valence-corrected chi connectivity index (χ3v) is 5.16. The molecule has 0 unspecified atom stereocenters. The monoisotopic (exact) mass is 408 g/mol. The van der Waals surface area contributed by atoms with E-state index in [0.29, 0.717) is 11.2 Å². The molecule has 2 heterocycles. The minimum Gasteiger partial charge on any atom is -0.508 e. The van der Waals surface area contributed by atoms with Crippen LogP contribution < -0.4 is 4.90 Å². The molecular weight excluding hydrogens is 386 g/mol. The molecule has 154 valence electrons. The van der Waals surface area contributed by atoms with Gasteiger partial charge in [-0.15, -0.1) is 0 Å². The first-order valence-electron chi connectivity index (χ1n) is 9.83. The summed E-state index contributed by atoms with van der Waals surface area (Å²) in [4.78, 5) is 11.1. The average molecular weight is 408 g/mol. The molecule has 2 aromatic carbocycles. The zero-order chi connectivity index (χ0) is 21.3. The lowest BCUT2D eigenvalue weighted by Gasteiger charge is -2.20. The van der Waals surface area contributed by atoms with Gasteiger partial charge in [0.2, 0.25) is 0 Å². The number of rotatable bonds is 6. The quantitative estimate of drug-likeness (QED) is 0.489. The molecule has 0 bridgehead atoms. The van der Waals surface area contributed by atoms with Crippen LogP contribution in [0.4, 0.5) is 14.6 Å². The molecule has 2 aromatic heterocycles. The van der Waals surface area contributed by atoms with Gasteiger partial charge in [0, 0.05) is 25.7 Å². The molecule has 0 fully saturated rings. The zero-order valence-corrected chi connectivity index (χ0v) is 16.8. The van der Waals surface area contributed by atoms with Crippen LogP contribution in [0.3, 0.4) is 0 Å². The van der Waals surface area contributed by atoms with Gasteiger partial charge in [0.1, 0.15) is 35.2 Å². The highest BCUT2D eigenvalue weighted by molar-refractivity contribution is 5.93. The van der Waals surface area contributed by atoms with Crippen molar-refractivity contribution < 1.29 is 13.9 Å². The molecule has 0 radical (unpaired) electrons. The Balaban J connectivity index is 1.94. The smallest absolute Gasteiger partial charge is 0.146 e. The van der Waals surface area contributed by atoms with Crippen molar-refractivity contribution in [2.24, 2.45) is 0 Å². The van der Waals surface area contributed by atoms with Crippen LogP contribution >= 0.6 is 0 Å². The summed E-state index contributed by atoms with van der Waals surface area (Å²) in [5.74, 6) is -0.261. The highest BCUT2D eigenvalue weighted by Crippen LogP contribution is 2.33. The summed E-state index contributed by atoms with van der Waals surface area (Å²) < 4.78 is 29.5. The van der Waals surface area contributed by atoms with E-state index in [1.54, 1.807) is 24.3 Å². The Hall–Kier alpha value is -3.48. The zero-order valence-electron chi connectivity index (χ0n) is 16.8. The van der Waals surface area contributed by atoms with Crippen LogP contribution in [0.1, 0.15) is 19.4 Å². The van der Waals surface area contributed by atoms with E-state index in [-0.39, 0.29) is 12.3 Å². The van der Waals surface area contributed by atoms with Crippen molar-refractivity contribution >= 4 is 16.9 Å². The summed E-state index contributed by atoms with van der Waals surface area (Å²) in [5, 5.41) is 10.5. The molecule has 0 aliphatic rings. The fourth-order valence-electron chi connectivity index (χ4n) is 3.74. The Bertz CT molecular complexity index is 1160. The van der Waals surface area contributed by atoms with Crippen LogP contribution in [0.25, 0.3) is 22.3 Å². The van der Waals surface area contributed by atoms with Gasteiger partial charge in [0.05, 0.1) is 11.1 Å². The molecule has 5 nitrogen and oxygen atoms in total. The number of halogens is 2. The summed E-state index contributed by atoms with van der Waals surface area (Å²) in [6, 6.07) is 12.3. The van der Waals surface area contributed by atoms with Gasteiger partial charge in [-0.2, -0.15) is 0 Å². The molecule has 1 N–H and O–H groups in total. The molecule has 0 atom stereocenters. The van der Waals surface area contributed by atoms with Crippen LogP contribution in [0.2, 0.25) is 0 Å². The van der Waals surface area contributed by atoms with Gasteiger partial charge in [0.15, 0.2) is 0 Å². The SMILES string of the molecule is CCN(CC)c1ncnc2c1cc(-c1ccc(O)cc1)n2Cc1cc(F)cc(F)c1. The number of fused-ring (bicyclic) bond motifs is 1. The largest absolute Gasteiger partial charge is 0.508 e. The van der Waals surface area contributed by atoms with E-state index < -0.39 is 11.6 Å². The maximum absolute atomic E-state index is 13.8. The number of phenolic OH excluding ortho intramolecular Hbond substituents is 1. The van der Waals surface area contributed by atoms with Crippen molar-refractivity contribution in [1.29, 1.82) is 0 Å². The average Bonchev–Trinajstić information content (AvgIpc) is 3.08. The van der Waals surface area contributed by atoms with Crippen LogP contribution in [-0.4, -0.2) is 32.7 Å². The molecule has 0 amide bonds. The van der Waals surface area contributed by atoms with Gasteiger partial charge in [-0.05, 0) is 67.4 Å². The van der Waals surface area contributed by atoms with Crippen molar-refractivity contribution in [2.45, 2.75) is 20.4 Å². The Labute approximate surface area is 173 Å². The van der Waals surface area contributed by atoms with Gasteiger partial charge < -0.3 is 14.6 Å². The molecule has 4 aromatic rings. The lowest BCUT2D eigenvalue weighted by molar-refractivity contribution is 0.475. The Morgan fingerprint density at radius 3 is 2.23 bits per heavy atom. The first-order chi connectivity index (χ1) is 14.5. The number of anilines is 1. The number of hydrogen-bond acceptors (Lipinski definition) is 4. The number of aromatic hydroxyl groups is 1. The molecule has 0 saturated heterocycles. The summed E-state index contributed by atoms with van der Waals surface area (Å²) in [6.07, 6.45) is 1.51. The molecule has 0 aliphatic heterocycles. The predicted octanol–water partition coefficient (Wildman–Crippen LogP) is 4.98. The van der Waals surface area contributed by atoms with Crippen LogP contribution in [0.15, 0.2) is 54.9 Å². The summed E-state index contributed by atoms with van der Waals surface area (Å²) >= 11 is 0. The van der Waals surface area contributed by atoms with Gasteiger partial charge in [-0.25, -0.2) is 18.7 Å². The molecule has 30 heavy (non-hydrogen) atoms.